The van der Waals surface area contributed by atoms with Crippen molar-refractivity contribution < 1.29 is 13.9 Å². The molecule has 3 N–H and O–H groups in total. The minimum Gasteiger partial charge on any atom is -0.486 e. The van der Waals surface area contributed by atoms with E-state index in [-0.39, 0.29) is 18.2 Å². The Morgan fingerprint density at radius 1 is 1.22 bits per heavy atom. The van der Waals surface area contributed by atoms with Crippen molar-refractivity contribution in [3.8, 4) is 18.1 Å². The number of carbonyl (C=O) groups excluding carboxylic acids is 1. The highest BCUT2D eigenvalue weighted by atomic mass is 19.1. The molecule has 0 fully saturated rings. The molecule has 2 aromatic rings. The number of amides is 1. The molecule has 0 saturated carbocycles. The molecule has 1 amide bonds. The molecular formula is C18H17FN2O2. The van der Waals surface area contributed by atoms with Gasteiger partial charge in [0, 0.05) is 6.54 Å². The lowest BCUT2D eigenvalue weighted by molar-refractivity contribution is -0.118. The van der Waals surface area contributed by atoms with Gasteiger partial charge in [0.25, 0.3) is 0 Å². The van der Waals surface area contributed by atoms with E-state index in [0.29, 0.717) is 6.54 Å². The molecule has 0 aliphatic rings. The molecule has 4 nitrogen and oxygen atoms in total. The van der Waals surface area contributed by atoms with Gasteiger partial charge in [0.05, 0.1) is 0 Å². The number of halogens is 1. The summed E-state index contributed by atoms with van der Waals surface area (Å²) in [6.45, 7) is 0.690. The van der Waals surface area contributed by atoms with Crippen LogP contribution in [-0.4, -0.2) is 11.9 Å². The lowest BCUT2D eigenvalue weighted by atomic mass is 10.1. The lowest BCUT2D eigenvalue weighted by Gasteiger charge is -2.10. The predicted molar refractivity (Wildman–Crippen MR) is 85.8 cm³/mol. The number of terminal acetylenes is 1. The fourth-order valence-corrected chi connectivity index (χ4v) is 1.94. The fraction of sp³-hybridized carbons (Fsp3) is 0.167. The molecule has 0 aliphatic carbocycles. The van der Waals surface area contributed by atoms with Crippen LogP contribution >= 0.6 is 0 Å². The SMILES string of the molecule is C#C[C@@H](NCc1ccc(COc2ccccc2F)cc1)C(N)=O. The van der Waals surface area contributed by atoms with Gasteiger partial charge in [-0.05, 0) is 23.3 Å². The molecule has 0 bridgehead atoms. The first kappa shape index (κ1) is 16.5. The number of nitrogens with two attached hydrogens (primary N) is 1. The first-order chi connectivity index (χ1) is 11.1. The van der Waals surface area contributed by atoms with Crippen molar-refractivity contribution in [3.63, 3.8) is 0 Å². The van der Waals surface area contributed by atoms with Gasteiger partial charge >= 0.3 is 0 Å². The number of hydrogen-bond acceptors (Lipinski definition) is 3. The smallest absolute Gasteiger partial charge is 0.247 e. The molecular weight excluding hydrogens is 295 g/mol. The zero-order valence-corrected chi connectivity index (χ0v) is 12.5. The van der Waals surface area contributed by atoms with Crippen LogP contribution in [-0.2, 0) is 17.9 Å². The van der Waals surface area contributed by atoms with Crippen LogP contribution in [0.15, 0.2) is 48.5 Å². The average molecular weight is 312 g/mol. The quantitative estimate of drug-likeness (QED) is 0.768. The van der Waals surface area contributed by atoms with Crippen LogP contribution in [0.4, 0.5) is 4.39 Å². The van der Waals surface area contributed by atoms with Crippen molar-refractivity contribution in [1.82, 2.24) is 5.32 Å². The van der Waals surface area contributed by atoms with Crippen LogP contribution in [0.5, 0.6) is 5.75 Å². The van der Waals surface area contributed by atoms with Gasteiger partial charge in [-0.3, -0.25) is 10.1 Å². The van der Waals surface area contributed by atoms with Crippen molar-refractivity contribution in [3.05, 3.63) is 65.5 Å². The van der Waals surface area contributed by atoms with Crippen LogP contribution in [0.1, 0.15) is 11.1 Å². The molecule has 0 aromatic heterocycles. The van der Waals surface area contributed by atoms with Gasteiger partial charge in [-0.1, -0.05) is 42.3 Å². The van der Waals surface area contributed by atoms with E-state index in [2.05, 4.69) is 11.2 Å². The zero-order chi connectivity index (χ0) is 16.7. The van der Waals surface area contributed by atoms with E-state index in [9.17, 15) is 9.18 Å². The number of rotatable bonds is 7. The molecule has 0 heterocycles. The lowest BCUT2D eigenvalue weighted by Crippen LogP contribution is -2.39. The number of ether oxygens (including phenoxy) is 1. The summed E-state index contributed by atoms with van der Waals surface area (Å²) in [5.74, 6) is 1.53. The summed E-state index contributed by atoms with van der Waals surface area (Å²) in [7, 11) is 0. The molecule has 0 radical (unpaired) electrons. The third-order valence-corrected chi connectivity index (χ3v) is 3.22. The predicted octanol–water partition coefficient (Wildman–Crippen LogP) is 1.98. The highest BCUT2D eigenvalue weighted by molar-refractivity contribution is 5.83. The molecule has 118 valence electrons. The Kier molecular flexibility index (Phi) is 5.73. The number of nitrogens with one attached hydrogen (secondary N) is 1. The minimum atomic E-state index is -0.793. The summed E-state index contributed by atoms with van der Waals surface area (Å²) in [6.07, 6.45) is 5.21. The summed E-state index contributed by atoms with van der Waals surface area (Å²) in [5.41, 5.74) is 7.00. The number of para-hydroxylation sites is 1. The Balaban J connectivity index is 1.89. The molecule has 2 aromatic carbocycles. The first-order valence-corrected chi connectivity index (χ1v) is 7.04. The van der Waals surface area contributed by atoms with Crippen LogP contribution in [0.2, 0.25) is 0 Å². The van der Waals surface area contributed by atoms with E-state index in [0.717, 1.165) is 11.1 Å². The van der Waals surface area contributed by atoms with E-state index in [1.54, 1.807) is 18.2 Å². The second kappa shape index (κ2) is 7.97. The minimum absolute atomic E-state index is 0.219. The number of primary amides is 1. The van der Waals surface area contributed by atoms with Crippen molar-refractivity contribution in [2.24, 2.45) is 5.73 Å². The Labute approximate surface area is 134 Å². The Morgan fingerprint density at radius 3 is 2.48 bits per heavy atom. The van der Waals surface area contributed by atoms with E-state index in [1.807, 2.05) is 24.3 Å². The van der Waals surface area contributed by atoms with Gasteiger partial charge in [0.15, 0.2) is 11.6 Å². The van der Waals surface area contributed by atoms with Gasteiger partial charge in [0.1, 0.15) is 12.6 Å². The highest BCUT2D eigenvalue weighted by Crippen LogP contribution is 2.17. The van der Waals surface area contributed by atoms with Gasteiger partial charge < -0.3 is 10.5 Å². The second-order valence-corrected chi connectivity index (χ2v) is 4.92. The molecule has 0 saturated heterocycles. The van der Waals surface area contributed by atoms with Crippen LogP contribution < -0.4 is 15.8 Å². The van der Waals surface area contributed by atoms with E-state index >= 15 is 0 Å². The van der Waals surface area contributed by atoms with Crippen LogP contribution in [0.25, 0.3) is 0 Å². The maximum absolute atomic E-state index is 13.4. The van der Waals surface area contributed by atoms with Crippen molar-refractivity contribution >= 4 is 5.91 Å². The monoisotopic (exact) mass is 312 g/mol. The van der Waals surface area contributed by atoms with Crippen molar-refractivity contribution in [2.75, 3.05) is 0 Å². The molecule has 2 rings (SSSR count). The molecule has 0 spiro atoms. The standard InChI is InChI=1S/C18H17FN2O2/c1-2-16(18(20)22)21-11-13-7-9-14(10-8-13)12-23-17-6-4-3-5-15(17)19/h1,3-10,16,21H,11-12H2,(H2,20,22)/t16-/m1/s1. The third-order valence-electron chi connectivity index (χ3n) is 3.22. The molecule has 5 heteroatoms. The normalized spacial score (nSPS) is 11.5. The summed E-state index contributed by atoms with van der Waals surface area (Å²) in [4.78, 5) is 11.0. The van der Waals surface area contributed by atoms with Gasteiger partial charge in [0.2, 0.25) is 5.91 Å². The van der Waals surface area contributed by atoms with Gasteiger partial charge in [-0.25, -0.2) is 4.39 Å². The molecule has 0 aliphatic heterocycles. The highest BCUT2D eigenvalue weighted by Gasteiger charge is 2.10. The summed E-state index contributed by atoms with van der Waals surface area (Å²) < 4.78 is 18.9. The summed E-state index contributed by atoms with van der Waals surface area (Å²) >= 11 is 0. The van der Waals surface area contributed by atoms with Crippen molar-refractivity contribution in [1.29, 1.82) is 0 Å². The van der Waals surface area contributed by atoms with Gasteiger partial charge in [-0.2, -0.15) is 0 Å². The van der Waals surface area contributed by atoms with Crippen LogP contribution in [0.3, 0.4) is 0 Å². The third kappa shape index (κ3) is 4.83. The maximum atomic E-state index is 13.4. The van der Waals surface area contributed by atoms with Crippen molar-refractivity contribution in [2.45, 2.75) is 19.2 Å². The van der Waals surface area contributed by atoms with Gasteiger partial charge in [-0.15, -0.1) is 6.42 Å². The summed E-state index contributed by atoms with van der Waals surface area (Å²) in [6, 6.07) is 13.0. The molecule has 1 atom stereocenters. The Morgan fingerprint density at radius 2 is 1.87 bits per heavy atom. The maximum Gasteiger partial charge on any atom is 0.247 e. The average Bonchev–Trinajstić information content (AvgIpc) is 2.55. The van der Waals surface area contributed by atoms with E-state index in [4.69, 9.17) is 16.9 Å². The van der Waals surface area contributed by atoms with Crippen LogP contribution in [0, 0.1) is 18.2 Å². The topological polar surface area (TPSA) is 64.3 Å². The largest absolute Gasteiger partial charge is 0.486 e. The first-order valence-electron chi connectivity index (χ1n) is 7.04. The number of hydrogen-bond donors (Lipinski definition) is 2. The second-order valence-electron chi connectivity index (χ2n) is 4.92. The Bertz CT molecular complexity index is 708. The van der Waals surface area contributed by atoms with E-state index < -0.39 is 11.9 Å². The number of carbonyl (C=O) groups is 1. The number of benzene rings is 2. The molecule has 23 heavy (non-hydrogen) atoms. The molecule has 0 unspecified atom stereocenters. The fourth-order valence-electron chi connectivity index (χ4n) is 1.94. The van der Waals surface area contributed by atoms with E-state index in [1.165, 1.54) is 6.07 Å². The zero-order valence-electron chi connectivity index (χ0n) is 12.5. The summed E-state index contributed by atoms with van der Waals surface area (Å²) in [5, 5.41) is 2.88. The Hall–Kier alpha value is -2.84.